The van der Waals surface area contributed by atoms with Gasteiger partial charge in [-0.1, -0.05) is 59.9 Å². The van der Waals surface area contributed by atoms with E-state index in [0.717, 1.165) is 28.3 Å². The summed E-state index contributed by atoms with van der Waals surface area (Å²) in [5.74, 6) is 0. The van der Waals surface area contributed by atoms with Crippen LogP contribution in [0.5, 0.6) is 0 Å². The Hall–Kier alpha value is -0.890. The van der Waals surface area contributed by atoms with Crippen molar-refractivity contribution in [2.24, 2.45) is 0 Å². The van der Waals surface area contributed by atoms with E-state index < -0.39 is 0 Å². The Morgan fingerprint density at radius 1 is 1.00 bits per heavy atom. The highest BCUT2D eigenvalue weighted by Gasteiger charge is 2.13. The number of para-hydroxylation sites is 1. The highest BCUT2D eigenvalue weighted by Crippen LogP contribution is 2.32. The third-order valence-corrected chi connectivity index (χ3v) is 4.35. The first-order chi connectivity index (χ1) is 9.52. The zero-order chi connectivity index (χ0) is 14.7. The van der Waals surface area contributed by atoms with Crippen molar-refractivity contribution in [3.05, 3.63) is 62.6 Å². The first kappa shape index (κ1) is 15.5. The summed E-state index contributed by atoms with van der Waals surface area (Å²) in [6.07, 6.45) is 0.919. The molecule has 2 aromatic carbocycles. The van der Waals surface area contributed by atoms with Crippen LogP contribution in [0.3, 0.4) is 0 Å². The van der Waals surface area contributed by atoms with Crippen LogP contribution in [0.4, 0.5) is 5.69 Å². The number of aryl methyl sites for hydroxylation is 1. The fraction of sp³-hybridized carbons (Fsp3) is 0.250. The van der Waals surface area contributed by atoms with Crippen molar-refractivity contribution in [3.8, 4) is 0 Å². The molecule has 2 rings (SSSR count). The van der Waals surface area contributed by atoms with E-state index >= 15 is 0 Å². The maximum Gasteiger partial charge on any atom is 0.0640 e. The van der Waals surface area contributed by atoms with Crippen molar-refractivity contribution in [1.29, 1.82) is 0 Å². The highest BCUT2D eigenvalue weighted by molar-refractivity contribution is 6.42. The van der Waals surface area contributed by atoms with Gasteiger partial charge in [0.25, 0.3) is 0 Å². The molecule has 1 nitrogen and oxygen atoms in total. The van der Waals surface area contributed by atoms with Gasteiger partial charge in [0.05, 0.1) is 26.8 Å². The summed E-state index contributed by atoms with van der Waals surface area (Å²) in [5, 5.41) is 5.36. The van der Waals surface area contributed by atoms with Crippen LogP contribution in [0.25, 0.3) is 0 Å². The van der Waals surface area contributed by atoms with Crippen molar-refractivity contribution < 1.29 is 0 Å². The molecule has 0 bridgehead atoms. The van der Waals surface area contributed by atoms with Gasteiger partial charge in [-0.25, -0.2) is 0 Å². The number of hydrogen-bond acceptors (Lipinski definition) is 1. The minimum Gasteiger partial charge on any atom is -0.377 e. The second kappa shape index (κ2) is 6.71. The van der Waals surface area contributed by atoms with Gasteiger partial charge in [0.15, 0.2) is 0 Å². The number of rotatable bonds is 4. The third-order valence-electron chi connectivity index (χ3n) is 3.29. The number of anilines is 1. The van der Waals surface area contributed by atoms with E-state index in [1.54, 1.807) is 0 Å². The molecule has 106 valence electrons. The lowest BCUT2D eigenvalue weighted by molar-refractivity contribution is 0.748. The summed E-state index contributed by atoms with van der Waals surface area (Å²) in [6.45, 7) is 4.15. The van der Waals surface area contributed by atoms with E-state index in [-0.39, 0.29) is 6.04 Å². The van der Waals surface area contributed by atoms with Crippen LogP contribution in [-0.4, -0.2) is 0 Å². The molecule has 2 aromatic rings. The van der Waals surface area contributed by atoms with E-state index in [0.29, 0.717) is 10.0 Å². The zero-order valence-corrected chi connectivity index (χ0v) is 13.7. The molecule has 0 amide bonds. The molecule has 0 aliphatic carbocycles. The molecule has 0 aromatic heterocycles. The molecule has 0 saturated heterocycles. The van der Waals surface area contributed by atoms with Crippen LogP contribution in [0.1, 0.15) is 30.5 Å². The summed E-state index contributed by atoms with van der Waals surface area (Å²) in [5.41, 5.74) is 3.18. The van der Waals surface area contributed by atoms with Crippen LogP contribution in [0.15, 0.2) is 36.4 Å². The topological polar surface area (TPSA) is 12.0 Å². The normalized spacial score (nSPS) is 12.2. The monoisotopic (exact) mass is 327 g/mol. The molecule has 1 atom stereocenters. The molecule has 20 heavy (non-hydrogen) atoms. The predicted molar refractivity (Wildman–Crippen MR) is 89.3 cm³/mol. The molecule has 1 unspecified atom stereocenters. The van der Waals surface area contributed by atoms with Crippen molar-refractivity contribution >= 4 is 40.5 Å². The number of halogens is 3. The molecule has 0 aliphatic rings. The molecular formula is C16H16Cl3N. The van der Waals surface area contributed by atoms with E-state index in [1.807, 2.05) is 43.3 Å². The van der Waals surface area contributed by atoms with Crippen LogP contribution in [0, 0.1) is 6.92 Å². The maximum atomic E-state index is 6.26. The van der Waals surface area contributed by atoms with E-state index in [9.17, 15) is 0 Å². The number of nitrogens with one attached hydrogen (secondary N) is 1. The standard InChI is InChI=1S/C16H16Cl3N/c1-3-15(11-7-8-12(17)14(19)9-11)20-16-10(2)5-4-6-13(16)18/h4-9,15,20H,3H2,1-2H3. The van der Waals surface area contributed by atoms with Gasteiger partial charge in [0, 0.05) is 0 Å². The Balaban J connectivity index is 2.31. The molecule has 0 heterocycles. The van der Waals surface area contributed by atoms with Gasteiger partial charge in [-0.05, 0) is 42.7 Å². The number of hydrogen-bond donors (Lipinski definition) is 1. The fourth-order valence-electron chi connectivity index (χ4n) is 2.14. The predicted octanol–water partition coefficient (Wildman–Crippen LogP) is 6.52. The fourth-order valence-corrected chi connectivity index (χ4v) is 2.72. The van der Waals surface area contributed by atoms with Crippen molar-refractivity contribution in [1.82, 2.24) is 0 Å². The van der Waals surface area contributed by atoms with Gasteiger partial charge in [-0.2, -0.15) is 0 Å². The zero-order valence-electron chi connectivity index (χ0n) is 11.4. The molecule has 0 saturated carbocycles. The lowest BCUT2D eigenvalue weighted by atomic mass is 10.0. The van der Waals surface area contributed by atoms with Crippen LogP contribution >= 0.6 is 34.8 Å². The average Bonchev–Trinajstić information content (AvgIpc) is 2.42. The van der Waals surface area contributed by atoms with E-state index in [2.05, 4.69) is 12.2 Å². The molecule has 0 aliphatic heterocycles. The Morgan fingerprint density at radius 3 is 2.35 bits per heavy atom. The SMILES string of the molecule is CCC(Nc1c(C)cccc1Cl)c1ccc(Cl)c(Cl)c1. The first-order valence-electron chi connectivity index (χ1n) is 6.49. The summed E-state index contributed by atoms with van der Waals surface area (Å²) in [6, 6.07) is 11.7. The molecule has 0 spiro atoms. The van der Waals surface area contributed by atoms with Gasteiger partial charge in [-0.3, -0.25) is 0 Å². The summed E-state index contributed by atoms with van der Waals surface area (Å²) in [4.78, 5) is 0. The summed E-state index contributed by atoms with van der Waals surface area (Å²) in [7, 11) is 0. The first-order valence-corrected chi connectivity index (χ1v) is 7.63. The smallest absolute Gasteiger partial charge is 0.0640 e. The van der Waals surface area contributed by atoms with Gasteiger partial charge >= 0.3 is 0 Å². The molecular weight excluding hydrogens is 313 g/mol. The quantitative estimate of drug-likeness (QED) is 0.673. The summed E-state index contributed by atoms with van der Waals surface area (Å²) < 4.78 is 0. The van der Waals surface area contributed by atoms with E-state index in [4.69, 9.17) is 34.8 Å². The van der Waals surface area contributed by atoms with Gasteiger partial charge in [0.1, 0.15) is 0 Å². The van der Waals surface area contributed by atoms with Crippen molar-refractivity contribution in [2.75, 3.05) is 5.32 Å². The van der Waals surface area contributed by atoms with Gasteiger partial charge in [0.2, 0.25) is 0 Å². The van der Waals surface area contributed by atoms with Gasteiger partial charge < -0.3 is 5.32 Å². The second-order valence-corrected chi connectivity index (χ2v) is 5.93. The van der Waals surface area contributed by atoms with Gasteiger partial charge in [-0.15, -0.1) is 0 Å². The lowest BCUT2D eigenvalue weighted by Gasteiger charge is -2.21. The van der Waals surface area contributed by atoms with E-state index in [1.165, 1.54) is 0 Å². The van der Waals surface area contributed by atoms with Crippen molar-refractivity contribution in [2.45, 2.75) is 26.3 Å². The average molecular weight is 329 g/mol. The largest absolute Gasteiger partial charge is 0.377 e. The second-order valence-electron chi connectivity index (χ2n) is 4.71. The van der Waals surface area contributed by atoms with Crippen LogP contribution in [0.2, 0.25) is 15.1 Å². The Bertz CT molecular complexity index is 590. The number of benzene rings is 2. The van der Waals surface area contributed by atoms with Crippen LogP contribution < -0.4 is 5.32 Å². The third kappa shape index (κ3) is 3.41. The Morgan fingerprint density at radius 2 is 1.75 bits per heavy atom. The lowest BCUT2D eigenvalue weighted by Crippen LogP contribution is -2.11. The Labute approximate surface area is 134 Å². The Kier molecular flexibility index (Phi) is 5.20. The molecule has 1 N–H and O–H groups in total. The molecule has 0 radical (unpaired) electrons. The minimum atomic E-state index is 0.142. The summed E-state index contributed by atoms with van der Waals surface area (Å²) >= 11 is 18.3. The minimum absolute atomic E-state index is 0.142. The maximum absolute atomic E-state index is 6.26. The molecule has 4 heteroatoms. The molecule has 0 fully saturated rings. The van der Waals surface area contributed by atoms with Crippen LogP contribution in [-0.2, 0) is 0 Å². The van der Waals surface area contributed by atoms with Crippen molar-refractivity contribution in [3.63, 3.8) is 0 Å². The highest BCUT2D eigenvalue weighted by atomic mass is 35.5.